The van der Waals surface area contributed by atoms with Crippen LogP contribution in [-0.2, 0) is 9.53 Å². The predicted octanol–water partition coefficient (Wildman–Crippen LogP) is 0.928. The van der Waals surface area contributed by atoms with Gasteiger partial charge in [-0.05, 0) is 19.1 Å². The molecular formula is C13H19N3O2. The van der Waals surface area contributed by atoms with Crippen LogP contribution in [0.2, 0.25) is 0 Å². The van der Waals surface area contributed by atoms with E-state index < -0.39 is 0 Å². The molecule has 0 bridgehead atoms. The van der Waals surface area contributed by atoms with Crippen molar-refractivity contribution in [3.63, 3.8) is 0 Å². The molecule has 1 heterocycles. The molecule has 1 saturated heterocycles. The summed E-state index contributed by atoms with van der Waals surface area (Å²) in [7, 11) is 0. The molecule has 1 unspecified atom stereocenters. The minimum Gasteiger partial charge on any atom is -0.397 e. The smallest absolute Gasteiger partial charge is 0.238 e. The number of ether oxygens (including phenoxy) is 1. The van der Waals surface area contributed by atoms with Crippen molar-refractivity contribution in [2.45, 2.75) is 13.0 Å². The number of anilines is 2. The Balaban J connectivity index is 1.90. The second-order valence-corrected chi connectivity index (χ2v) is 4.53. The molecule has 1 aliphatic heterocycles. The van der Waals surface area contributed by atoms with Gasteiger partial charge in [-0.15, -0.1) is 0 Å². The second kappa shape index (κ2) is 5.84. The van der Waals surface area contributed by atoms with Crippen LogP contribution in [0.15, 0.2) is 24.3 Å². The first-order valence-corrected chi connectivity index (χ1v) is 6.13. The van der Waals surface area contributed by atoms with Gasteiger partial charge in [0.05, 0.1) is 31.1 Å². The Bertz CT molecular complexity index is 422. The van der Waals surface area contributed by atoms with E-state index in [1.165, 1.54) is 0 Å². The molecule has 1 aliphatic rings. The summed E-state index contributed by atoms with van der Waals surface area (Å²) in [5.74, 6) is -0.0401. The van der Waals surface area contributed by atoms with Gasteiger partial charge in [-0.1, -0.05) is 12.1 Å². The molecule has 0 saturated carbocycles. The largest absolute Gasteiger partial charge is 0.397 e. The number of carbonyl (C=O) groups excluding carboxylic acids is 1. The number of amides is 1. The van der Waals surface area contributed by atoms with E-state index in [0.29, 0.717) is 31.1 Å². The first-order valence-electron chi connectivity index (χ1n) is 6.13. The van der Waals surface area contributed by atoms with Gasteiger partial charge in [0, 0.05) is 12.6 Å². The SMILES string of the molecule is CC1COCCN1CC(=O)Nc1ccccc1N. The lowest BCUT2D eigenvalue weighted by Crippen LogP contribution is -2.47. The number of nitrogens with one attached hydrogen (secondary N) is 1. The van der Waals surface area contributed by atoms with E-state index in [0.717, 1.165) is 6.54 Å². The Morgan fingerprint density at radius 2 is 2.33 bits per heavy atom. The van der Waals surface area contributed by atoms with Crippen LogP contribution in [0.25, 0.3) is 0 Å². The van der Waals surface area contributed by atoms with Crippen LogP contribution >= 0.6 is 0 Å². The van der Waals surface area contributed by atoms with Gasteiger partial charge in [0.1, 0.15) is 0 Å². The average Bonchev–Trinajstić information content (AvgIpc) is 2.35. The first-order chi connectivity index (χ1) is 8.66. The van der Waals surface area contributed by atoms with Gasteiger partial charge in [0.25, 0.3) is 0 Å². The van der Waals surface area contributed by atoms with E-state index in [9.17, 15) is 4.79 Å². The summed E-state index contributed by atoms with van der Waals surface area (Å²) in [4.78, 5) is 14.0. The number of nitrogens with two attached hydrogens (primary N) is 1. The van der Waals surface area contributed by atoms with Crippen molar-refractivity contribution in [3.8, 4) is 0 Å². The highest BCUT2D eigenvalue weighted by atomic mass is 16.5. The highest BCUT2D eigenvalue weighted by Gasteiger charge is 2.21. The lowest BCUT2D eigenvalue weighted by Gasteiger charge is -2.32. The third-order valence-corrected chi connectivity index (χ3v) is 3.09. The Morgan fingerprint density at radius 3 is 3.06 bits per heavy atom. The van der Waals surface area contributed by atoms with Crippen molar-refractivity contribution >= 4 is 17.3 Å². The van der Waals surface area contributed by atoms with Gasteiger partial charge >= 0.3 is 0 Å². The number of morpholine rings is 1. The number of rotatable bonds is 3. The van der Waals surface area contributed by atoms with E-state index in [2.05, 4.69) is 17.1 Å². The van der Waals surface area contributed by atoms with Crippen molar-refractivity contribution in [2.75, 3.05) is 37.4 Å². The maximum atomic E-state index is 11.9. The molecule has 1 fully saturated rings. The molecule has 0 radical (unpaired) electrons. The first kappa shape index (κ1) is 12.9. The summed E-state index contributed by atoms with van der Waals surface area (Å²) in [6.07, 6.45) is 0. The van der Waals surface area contributed by atoms with Gasteiger partial charge in [-0.25, -0.2) is 0 Å². The molecule has 5 nitrogen and oxygen atoms in total. The fourth-order valence-electron chi connectivity index (χ4n) is 1.98. The van der Waals surface area contributed by atoms with E-state index >= 15 is 0 Å². The molecule has 1 aromatic rings. The normalized spacial score (nSPS) is 20.6. The van der Waals surface area contributed by atoms with Crippen molar-refractivity contribution in [1.82, 2.24) is 4.90 Å². The topological polar surface area (TPSA) is 67.6 Å². The zero-order valence-electron chi connectivity index (χ0n) is 10.6. The average molecular weight is 249 g/mol. The predicted molar refractivity (Wildman–Crippen MR) is 71.3 cm³/mol. The minimum absolute atomic E-state index is 0.0401. The minimum atomic E-state index is -0.0401. The van der Waals surface area contributed by atoms with Crippen molar-refractivity contribution < 1.29 is 9.53 Å². The Kier molecular flexibility index (Phi) is 4.17. The summed E-state index contributed by atoms with van der Waals surface area (Å²) >= 11 is 0. The second-order valence-electron chi connectivity index (χ2n) is 4.53. The molecule has 98 valence electrons. The molecule has 5 heteroatoms. The van der Waals surface area contributed by atoms with Crippen LogP contribution in [-0.4, -0.2) is 43.2 Å². The summed E-state index contributed by atoms with van der Waals surface area (Å²) in [6, 6.07) is 7.54. The molecule has 2 rings (SSSR count). The quantitative estimate of drug-likeness (QED) is 0.782. The molecule has 1 aromatic carbocycles. The Hall–Kier alpha value is -1.59. The van der Waals surface area contributed by atoms with Crippen LogP contribution < -0.4 is 11.1 Å². The zero-order chi connectivity index (χ0) is 13.0. The lowest BCUT2D eigenvalue weighted by molar-refractivity contribution is -0.119. The Labute approximate surface area is 107 Å². The number of hydrogen-bond donors (Lipinski definition) is 2. The molecule has 18 heavy (non-hydrogen) atoms. The van der Waals surface area contributed by atoms with Crippen LogP contribution in [0.3, 0.4) is 0 Å². The molecule has 0 aromatic heterocycles. The van der Waals surface area contributed by atoms with Gasteiger partial charge < -0.3 is 15.8 Å². The summed E-state index contributed by atoms with van der Waals surface area (Å²) in [6.45, 7) is 4.59. The number of para-hydroxylation sites is 2. The maximum Gasteiger partial charge on any atom is 0.238 e. The van der Waals surface area contributed by atoms with E-state index in [1.807, 2.05) is 12.1 Å². The number of nitrogens with zero attached hydrogens (tertiary/aromatic N) is 1. The zero-order valence-corrected chi connectivity index (χ0v) is 10.6. The van der Waals surface area contributed by atoms with Crippen LogP contribution in [0.4, 0.5) is 11.4 Å². The fraction of sp³-hybridized carbons (Fsp3) is 0.462. The van der Waals surface area contributed by atoms with Gasteiger partial charge in [0.15, 0.2) is 0 Å². The standard InChI is InChI=1S/C13H19N3O2/c1-10-9-18-7-6-16(10)8-13(17)15-12-5-3-2-4-11(12)14/h2-5,10H,6-9,14H2,1H3,(H,15,17). The number of carbonyl (C=O) groups is 1. The molecule has 1 amide bonds. The van der Waals surface area contributed by atoms with E-state index in [-0.39, 0.29) is 11.9 Å². The van der Waals surface area contributed by atoms with Crippen molar-refractivity contribution in [2.24, 2.45) is 0 Å². The highest BCUT2D eigenvalue weighted by molar-refractivity contribution is 5.95. The number of benzene rings is 1. The highest BCUT2D eigenvalue weighted by Crippen LogP contribution is 2.16. The fourth-order valence-corrected chi connectivity index (χ4v) is 1.98. The molecule has 0 aliphatic carbocycles. The van der Waals surface area contributed by atoms with Gasteiger partial charge in [-0.2, -0.15) is 0 Å². The van der Waals surface area contributed by atoms with Crippen molar-refractivity contribution in [3.05, 3.63) is 24.3 Å². The van der Waals surface area contributed by atoms with Gasteiger partial charge in [0.2, 0.25) is 5.91 Å². The monoisotopic (exact) mass is 249 g/mol. The summed E-state index contributed by atoms with van der Waals surface area (Å²) < 4.78 is 5.34. The lowest BCUT2D eigenvalue weighted by atomic mass is 10.2. The van der Waals surface area contributed by atoms with Crippen molar-refractivity contribution in [1.29, 1.82) is 0 Å². The third kappa shape index (κ3) is 3.21. The maximum absolute atomic E-state index is 11.9. The van der Waals surface area contributed by atoms with E-state index in [1.54, 1.807) is 12.1 Å². The molecular weight excluding hydrogens is 230 g/mol. The summed E-state index contributed by atoms with van der Waals surface area (Å²) in [5.41, 5.74) is 7.03. The third-order valence-electron chi connectivity index (χ3n) is 3.09. The van der Waals surface area contributed by atoms with Crippen LogP contribution in [0.1, 0.15) is 6.92 Å². The molecule has 1 atom stereocenters. The summed E-state index contributed by atoms with van der Waals surface area (Å²) in [5, 5.41) is 2.83. The Morgan fingerprint density at radius 1 is 1.56 bits per heavy atom. The van der Waals surface area contributed by atoms with E-state index in [4.69, 9.17) is 10.5 Å². The number of nitrogen functional groups attached to an aromatic ring is 1. The van der Waals surface area contributed by atoms with Crippen LogP contribution in [0, 0.1) is 0 Å². The molecule has 3 N–H and O–H groups in total. The number of hydrogen-bond acceptors (Lipinski definition) is 4. The molecule has 0 spiro atoms. The van der Waals surface area contributed by atoms with Crippen LogP contribution in [0.5, 0.6) is 0 Å². The van der Waals surface area contributed by atoms with Gasteiger partial charge in [-0.3, -0.25) is 9.69 Å².